The summed E-state index contributed by atoms with van der Waals surface area (Å²) in [5.41, 5.74) is 3.67. The molecule has 1 aliphatic carbocycles. The molecule has 1 aliphatic heterocycles. The largest absolute Gasteiger partial charge is 0.381 e. The van der Waals surface area contributed by atoms with Crippen LogP contribution in [-0.2, 0) is 11.2 Å². The maximum Gasteiger partial charge on any atom is 0.0471 e. The molecule has 1 atom stereocenters. The van der Waals surface area contributed by atoms with Gasteiger partial charge in [0.1, 0.15) is 0 Å². The van der Waals surface area contributed by atoms with Gasteiger partial charge < -0.3 is 4.74 Å². The van der Waals surface area contributed by atoms with E-state index in [2.05, 4.69) is 31.2 Å². The van der Waals surface area contributed by atoms with E-state index >= 15 is 0 Å². The predicted octanol–water partition coefficient (Wildman–Crippen LogP) is 4.17. The topological polar surface area (TPSA) is 9.23 Å². The summed E-state index contributed by atoms with van der Waals surface area (Å²) >= 11 is 0. The van der Waals surface area contributed by atoms with Crippen molar-refractivity contribution in [1.29, 1.82) is 0 Å². The lowest BCUT2D eigenvalue weighted by Crippen LogP contribution is -2.32. The Morgan fingerprint density at radius 3 is 2.41 bits per heavy atom. The normalized spacial score (nSPS) is 25.0. The molecule has 0 bridgehead atoms. The fraction of sp³-hybridized carbons (Fsp3) is 0.625. The molecule has 0 N–H and O–H groups in total. The second-order valence-electron chi connectivity index (χ2n) is 5.07. The van der Waals surface area contributed by atoms with E-state index in [-0.39, 0.29) is 0 Å². The zero-order chi connectivity index (χ0) is 12.3. The molecule has 1 aromatic carbocycles. The molecule has 1 nitrogen and oxygen atoms in total. The van der Waals surface area contributed by atoms with Crippen molar-refractivity contribution in [3.63, 3.8) is 0 Å². The summed E-state index contributed by atoms with van der Waals surface area (Å²) in [7, 11) is 0. The molecule has 94 valence electrons. The van der Waals surface area contributed by atoms with Crippen molar-refractivity contribution in [3.05, 3.63) is 35.4 Å². The van der Waals surface area contributed by atoms with Crippen molar-refractivity contribution in [2.45, 2.75) is 46.0 Å². The average molecular weight is 232 g/mol. The molecule has 0 radical (unpaired) electrons. The van der Waals surface area contributed by atoms with Gasteiger partial charge in [0.15, 0.2) is 0 Å². The molecule has 17 heavy (non-hydrogen) atoms. The fourth-order valence-corrected chi connectivity index (χ4v) is 3.37. The summed E-state index contributed by atoms with van der Waals surface area (Å²) in [5.74, 6) is 0.720. The molecule has 2 aliphatic rings. The smallest absolute Gasteiger partial charge is 0.0471 e. The highest BCUT2D eigenvalue weighted by molar-refractivity contribution is 5.38. The number of benzene rings is 1. The third-order valence-corrected chi connectivity index (χ3v) is 4.47. The van der Waals surface area contributed by atoms with Gasteiger partial charge >= 0.3 is 0 Å². The minimum absolute atomic E-state index is 0.516. The summed E-state index contributed by atoms with van der Waals surface area (Å²) in [6.45, 7) is 8.31. The Kier molecular flexibility index (Phi) is 3.88. The summed E-state index contributed by atoms with van der Waals surface area (Å²) in [6.07, 6.45) is 3.75. The van der Waals surface area contributed by atoms with E-state index in [1.165, 1.54) is 19.3 Å². The average Bonchev–Trinajstić information content (AvgIpc) is 2.67. The standard InChI is InChI=1S/C14H18O.C2H6/c1-11-13-5-3-2-4-12(13)10-14(11)6-8-15-9-7-14;1-2/h2-5,11H,6-10H2,1H3;1-2H3. The van der Waals surface area contributed by atoms with Crippen molar-refractivity contribution in [2.24, 2.45) is 5.41 Å². The molecule has 3 rings (SSSR count). The number of fused-ring (bicyclic) bond motifs is 1. The van der Waals surface area contributed by atoms with Crippen molar-refractivity contribution in [2.75, 3.05) is 13.2 Å². The summed E-state index contributed by atoms with van der Waals surface area (Å²) in [4.78, 5) is 0. The first-order chi connectivity index (χ1) is 8.32. The number of hydrogen-bond acceptors (Lipinski definition) is 1. The van der Waals surface area contributed by atoms with E-state index in [1.54, 1.807) is 11.1 Å². The van der Waals surface area contributed by atoms with Gasteiger partial charge in [-0.25, -0.2) is 0 Å². The minimum Gasteiger partial charge on any atom is -0.381 e. The summed E-state index contributed by atoms with van der Waals surface area (Å²) in [6, 6.07) is 8.96. The van der Waals surface area contributed by atoms with Gasteiger partial charge in [-0.1, -0.05) is 45.0 Å². The first-order valence-electron chi connectivity index (χ1n) is 6.97. The molecule has 1 fully saturated rings. The molecule has 0 aromatic heterocycles. The lowest BCUT2D eigenvalue weighted by molar-refractivity contribution is 0.00886. The molecule has 0 amide bonds. The van der Waals surface area contributed by atoms with Crippen LogP contribution in [0.2, 0.25) is 0 Å². The van der Waals surface area contributed by atoms with Crippen LogP contribution in [0.3, 0.4) is 0 Å². The second-order valence-corrected chi connectivity index (χ2v) is 5.07. The Bertz CT molecular complexity index is 364. The molecule has 1 unspecified atom stereocenters. The molecule has 1 spiro atoms. The number of rotatable bonds is 0. The van der Waals surface area contributed by atoms with E-state index in [9.17, 15) is 0 Å². The second kappa shape index (κ2) is 5.22. The minimum atomic E-state index is 0.516. The van der Waals surface area contributed by atoms with Gasteiger partial charge in [-0.2, -0.15) is 0 Å². The predicted molar refractivity (Wildman–Crippen MR) is 72.4 cm³/mol. The van der Waals surface area contributed by atoms with E-state index in [4.69, 9.17) is 4.74 Å². The van der Waals surface area contributed by atoms with Crippen LogP contribution in [0, 0.1) is 5.41 Å². The van der Waals surface area contributed by atoms with E-state index < -0.39 is 0 Å². The van der Waals surface area contributed by atoms with Gasteiger partial charge in [-0.3, -0.25) is 0 Å². The van der Waals surface area contributed by atoms with Gasteiger partial charge in [-0.05, 0) is 41.7 Å². The highest BCUT2D eigenvalue weighted by Crippen LogP contribution is 2.52. The highest BCUT2D eigenvalue weighted by atomic mass is 16.5. The van der Waals surface area contributed by atoms with Gasteiger partial charge in [0, 0.05) is 13.2 Å². The third kappa shape index (κ3) is 2.13. The highest BCUT2D eigenvalue weighted by Gasteiger charge is 2.43. The van der Waals surface area contributed by atoms with Crippen LogP contribution in [-0.4, -0.2) is 13.2 Å². The molecule has 0 saturated carbocycles. The zero-order valence-corrected chi connectivity index (χ0v) is 11.3. The summed E-state index contributed by atoms with van der Waals surface area (Å²) < 4.78 is 5.50. The maximum absolute atomic E-state index is 5.50. The van der Waals surface area contributed by atoms with Crippen LogP contribution in [0.25, 0.3) is 0 Å². The third-order valence-electron chi connectivity index (χ3n) is 4.47. The molecule has 1 saturated heterocycles. The van der Waals surface area contributed by atoms with Crippen molar-refractivity contribution < 1.29 is 4.74 Å². The maximum atomic E-state index is 5.50. The van der Waals surface area contributed by atoms with E-state index in [1.807, 2.05) is 13.8 Å². The van der Waals surface area contributed by atoms with Crippen molar-refractivity contribution in [1.82, 2.24) is 0 Å². The lowest BCUT2D eigenvalue weighted by Gasteiger charge is -2.37. The molecular formula is C16H24O. The Balaban J connectivity index is 0.000000514. The molecule has 1 aromatic rings. The molecule has 1 heteroatoms. The van der Waals surface area contributed by atoms with E-state index in [0.29, 0.717) is 5.41 Å². The monoisotopic (exact) mass is 232 g/mol. The Labute approximate surface area is 105 Å². The lowest BCUT2D eigenvalue weighted by atomic mass is 9.71. The van der Waals surface area contributed by atoms with Gasteiger partial charge in [0.25, 0.3) is 0 Å². The van der Waals surface area contributed by atoms with Gasteiger partial charge in [-0.15, -0.1) is 0 Å². The van der Waals surface area contributed by atoms with Gasteiger partial charge in [0.05, 0.1) is 0 Å². The first kappa shape index (κ1) is 12.6. The Morgan fingerprint density at radius 2 is 1.76 bits per heavy atom. The van der Waals surface area contributed by atoms with Crippen LogP contribution < -0.4 is 0 Å². The quantitative estimate of drug-likeness (QED) is 0.652. The van der Waals surface area contributed by atoms with Crippen LogP contribution in [0.1, 0.15) is 50.7 Å². The molecular weight excluding hydrogens is 208 g/mol. The van der Waals surface area contributed by atoms with Crippen LogP contribution in [0.5, 0.6) is 0 Å². The number of hydrogen-bond donors (Lipinski definition) is 0. The van der Waals surface area contributed by atoms with Crippen molar-refractivity contribution >= 4 is 0 Å². The Morgan fingerprint density at radius 1 is 1.12 bits per heavy atom. The van der Waals surface area contributed by atoms with Crippen LogP contribution in [0.15, 0.2) is 24.3 Å². The van der Waals surface area contributed by atoms with Crippen molar-refractivity contribution in [3.8, 4) is 0 Å². The van der Waals surface area contributed by atoms with E-state index in [0.717, 1.165) is 19.1 Å². The summed E-state index contributed by atoms with van der Waals surface area (Å²) in [5, 5.41) is 0. The first-order valence-corrected chi connectivity index (χ1v) is 6.97. The zero-order valence-electron chi connectivity index (χ0n) is 11.3. The molecule has 1 heterocycles. The van der Waals surface area contributed by atoms with Crippen LogP contribution >= 0.6 is 0 Å². The fourth-order valence-electron chi connectivity index (χ4n) is 3.37. The Hall–Kier alpha value is -0.820. The van der Waals surface area contributed by atoms with Gasteiger partial charge in [0.2, 0.25) is 0 Å². The number of ether oxygens (including phenoxy) is 1. The van der Waals surface area contributed by atoms with Crippen LogP contribution in [0.4, 0.5) is 0 Å². The SMILES string of the molecule is CC.CC1c2ccccc2CC12CCOCC2.